The third-order valence-electron chi connectivity index (χ3n) is 5.48. The van der Waals surface area contributed by atoms with Crippen molar-refractivity contribution in [2.45, 2.75) is 45.9 Å². The summed E-state index contributed by atoms with van der Waals surface area (Å²) in [6.07, 6.45) is 0.785. The van der Waals surface area contributed by atoms with E-state index in [4.69, 9.17) is 14.2 Å². The molecule has 0 aliphatic rings. The minimum Gasteiger partial charge on any atom is -0.490 e. The van der Waals surface area contributed by atoms with Crippen LogP contribution in [0.3, 0.4) is 0 Å². The number of rotatable bonds is 11. The van der Waals surface area contributed by atoms with Gasteiger partial charge in [0.25, 0.3) is 15.9 Å². The van der Waals surface area contributed by atoms with Gasteiger partial charge in [0.1, 0.15) is 0 Å². The predicted octanol–water partition coefficient (Wildman–Crippen LogP) is 5.79. The molecule has 36 heavy (non-hydrogen) atoms. The van der Waals surface area contributed by atoms with Gasteiger partial charge in [0.2, 0.25) is 5.75 Å². The molecule has 0 bridgehead atoms. The second-order valence-electron chi connectivity index (χ2n) is 8.01. The lowest BCUT2D eigenvalue weighted by Crippen LogP contribution is -2.37. The Labute approximate surface area is 213 Å². The molecule has 3 rings (SSSR count). The maximum absolute atomic E-state index is 14.0. The van der Waals surface area contributed by atoms with E-state index < -0.39 is 15.9 Å². The number of nitrogens with zero attached hydrogens (tertiary/aromatic N) is 1. The van der Waals surface area contributed by atoms with Crippen molar-refractivity contribution in [3.8, 4) is 17.2 Å². The van der Waals surface area contributed by atoms with Crippen molar-refractivity contribution in [1.82, 2.24) is 0 Å². The van der Waals surface area contributed by atoms with Crippen LogP contribution in [0.25, 0.3) is 0 Å². The molecule has 0 saturated heterocycles. The molecular formula is C28H33NO6S. The summed E-state index contributed by atoms with van der Waals surface area (Å²) in [4.78, 5) is 14.0. The second-order valence-corrected chi connectivity index (χ2v) is 9.80. The summed E-state index contributed by atoms with van der Waals surface area (Å²) in [5.74, 6) is 0.257. The summed E-state index contributed by atoms with van der Waals surface area (Å²) in [6, 6.07) is 16.3. The molecule has 0 saturated carbocycles. The fraction of sp³-hybridized carbons (Fsp3) is 0.321. The van der Waals surface area contributed by atoms with Gasteiger partial charge in [0, 0.05) is 5.56 Å². The van der Waals surface area contributed by atoms with Crippen molar-refractivity contribution >= 4 is 21.6 Å². The Morgan fingerprint density at radius 3 is 1.78 bits per heavy atom. The average Bonchev–Trinajstić information content (AvgIpc) is 2.86. The van der Waals surface area contributed by atoms with Crippen molar-refractivity contribution in [2.24, 2.45) is 0 Å². The van der Waals surface area contributed by atoms with Gasteiger partial charge in [-0.3, -0.25) is 4.79 Å². The molecule has 192 valence electrons. The van der Waals surface area contributed by atoms with Gasteiger partial charge in [0.15, 0.2) is 11.5 Å². The Morgan fingerprint density at radius 1 is 0.778 bits per heavy atom. The van der Waals surface area contributed by atoms with E-state index in [2.05, 4.69) is 0 Å². The molecule has 0 fully saturated rings. The molecule has 0 atom stereocenters. The molecule has 0 heterocycles. The third kappa shape index (κ3) is 5.82. The topological polar surface area (TPSA) is 82.1 Å². The first kappa shape index (κ1) is 27.1. The second kappa shape index (κ2) is 11.9. The highest BCUT2D eigenvalue weighted by Crippen LogP contribution is 2.40. The lowest BCUT2D eigenvalue weighted by Gasteiger charge is -2.24. The Kier molecular flexibility index (Phi) is 8.98. The van der Waals surface area contributed by atoms with Gasteiger partial charge in [-0.1, -0.05) is 36.8 Å². The summed E-state index contributed by atoms with van der Waals surface area (Å²) in [5.41, 5.74) is 2.27. The third-order valence-corrected chi connectivity index (χ3v) is 7.20. The van der Waals surface area contributed by atoms with Crippen LogP contribution in [0.2, 0.25) is 0 Å². The molecule has 8 heteroatoms. The smallest absolute Gasteiger partial charge is 0.272 e. The quantitative estimate of drug-likeness (QED) is 0.324. The first-order chi connectivity index (χ1) is 17.3. The Balaban J connectivity index is 2.21. The number of ether oxygens (including phenoxy) is 3. The van der Waals surface area contributed by atoms with Crippen LogP contribution in [0.15, 0.2) is 65.6 Å². The van der Waals surface area contributed by atoms with Gasteiger partial charge in [-0.2, -0.15) is 4.31 Å². The van der Waals surface area contributed by atoms with E-state index in [1.165, 1.54) is 24.3 Å². The maximum atomic E-state index is 14.0. The molecule has 0 aliphatic carbocycles. The van der Waals surface area contributed by atoms with E-state index in [1.54, 1.807) is 24.3 Å². The number of benzene rings is 3. The van der Waals surface area contributed by atoms with Crippen LogP contribution in [0.5, 0.6) is 17.2 Å². The van der Waals surface area contributed by atoms with Crippen LogP contribution in [-0.4, -0.2) is 34.1 Å². The van der Waals surface area contributed by atoms with Crippen LogP contribution in [-0.2, 0) is 16.4 Å². The molecule has 0 radical (unpaired) electrons. The number of sulfonamides is 1. The number of carbonyl (C=O) groups is 1. The average molecular weight is 512 g/mol. The first-order valence-electron chi connectivity index (χ1n) is 12.1. The van der Waals surface area contributed by atoms with Crippen LogP contribution in [0.1, 0.15) is 49.2 Å². The molecule has 0 N–H and O–H groups in total. The lowest BCUT2D eigenvalue weighted by atomic mass is 10.1. The minimum absolute atomic E-state index is 0.0158. The van der Waals surface area contributed by atoms with E-state index in [0.29, 0.717) is 37.1 Å². The van der Waals surface area contributed by atoms with Gasteiger partial charge in [0.05, 0.1) is 30.4 Å². The number of hydrogen-bond acceptors (Lipinski definition) is 6. The molecular weight excluding hydrogens is 478 g/mol. The maximum Gasteiger partial charge on any atom is 0.272 e. The van der Waals surface area contributed by atoms with Crippen LogP contribution >= 0.6 is 0 Å². The molecule has 3 aromatic carbocycles. The molecule has 0 aliphatic heterocycles. The molecule has 1 amide bonds. The SMILES string of the molecule is CCOc1cc(C(=O)N(c2ccc(CC)cc2)S(=O)(=O)c2ccc(C)cc2)cc(OCC)c1OCC. The van der Waals surface area contributed by atoms with Crippen molar-refractivity contribution in [1.29, 1.82) is 0 Å². The standard InChI is InChI=1S/C28H33NO6S/c1-6-21-12-14-23(15-13-21)29(36(31,32)24-16-10-20(5)11-17-24)28(30)22-18-25(33-7-2)27(35-9-4)26(19-22)34-8-3/h10-19H,6-9H2,1-5H3. The van der Waals surface area contributed by atoms with E-state index in [-0.39, 0.29) is 16.1 Å². The molecule has 0 aromatic heterocycles. The molecule has 0 spiro atoms. The number of aryl methyl sites for hydroxylation is 2. The predicted molar refractivity (Wildman–Crippen MR) is 141 cm³/mol. The van der Waals surface area contributed by atoms with Crippen LogP contribution in [0.4, 0.5) is 5.69 Å². The van der Waals surface area contributed by atoms with Crippen LogP contribution < -0.4 is 18.5 Å². The summed E-state index contributed by atoms with van der Waals surface area (Å²) in [7, 11) is -4.24. The van der Waals surface area contributed by atoms with Crippen LogP contribution in [0, 0.1) is 6.92 Å². The monoisotopic (exact) mass is 511 g/mol. The van der Waals surface area contributed by atoms with Gasteiger partial charge in [-0.05, 0) is 76.1 Å². The van der Waals surface area contributed by atoms with E-state index in [9.17, 15) is 13.2 Å². The number of hydrogen-bond donors (Lipinski definition) is 0. The van der Waals surface area contributed by atoms with E-state index in [0.717, 1.165) is 21.9 Å². The number of anilines is 1. The molecule has 3 aromatic rings. The number of amides is 1. The summed E-state index contributed by atoms with van der Waals surface area (Å²) < 4.78 is 45.7. The van der Waals surface area contributed by atoms with Gasteiger partial charge >= 0.3 is 0 Å². The summed E-state index contributed by atoms with van der Waals surface area (Å²) in [5, 5.41) is 0. The minimum atomic E-state index is -4.24. The van der Waals surface area contributed by atoms with Crippen molar-refractivity contribution in [3.05, 3.63) is 77.4 Å². The normalized spacial score (nSPS) is 11.1. The Morgan fingerprint density at radius 2 is 1.31 bits per heavy atom. The fourth-order valence-electron chi connectivity index (χ4n) is 3.68. The van der Waals surface area contributed by atoms with Gasteiger partial charge < -0.3 is 14.2 Å². The van der Waals surface area contributed by atoms with Crippen molar-refractivity contribution in [3.63, 3.8) is 0 Å². The lowest BCUT2D eigenvalue weighted by molar-refractivity contribution is 0.100. The zero-order chi connectivity index (χ0) is 26.3. The van der Waals surface area contributed by atoms with Crippen molar-refractivity contribution in [2.75, 3.05) is 24.1 Å². The van der Waals surface area contributed by atoms with E-state index >= 15 is 0 Å². The zero-order valence-corrected chi connectivity index (χ0v) is 22.2. The summed E-state index contributed by atoms with van der Waals surface area (Å²) >= 11 is 0. The molecule has 7 nitrogen and oxygen atoms in total. The number of carbonyl (C=O) groups excluding carboxylic acids is 1. The highest BCUT2D eigenvalue weighted by Gasteiger charge is 2.33. The summed E-state index contributed by atoms with van der Waals surface area (Å²) in [6.45, 7) is 10.4. The van der Waals surface area contributed by atoms with E-state index in [1.807, 2.05) is 46.8 Å². The zero-order valence-electron chi connectivity index (χ0n) is 21.4. The van der Waals surface area contributed by atoms with Gasteiger partial charge in [-0.15, -0.1) is 0 Å². The fourth-order valence-corrected chi connectivity index (χ4v) is 5.09. The first-order valence-corrected chi connectivity index (χ1v) is 13.5. The Bertz CT molecular complexity index is 1260. The van der Waals surface area contributed by atoms with Gasteiger partial charge in [-0.25, -0.2) is 8.42 Å². The molecule has 0 unspecified atom stereocenters. The highest BCUT2D eigenvalue weighted by molar-refractivity contribution is 7.93. The largest absolute Gasteiger partial charge is 0.490 e. The highest BCUT2D eigenvalue weighted by atomic mass is 32.2. The van der Waals surface area contributed by atoms with Crippen molar-refractivity contribution < 1.29 is 27.4 Å². The Hall–Kier alpha value is -3.52.